The minimum atomic E-state index is -3.02. The van der Waals surface area contributed by atoms with Crippen molar-refractivity contribution in [3.8, 4) is 0 Å². The van der Waals surface area contributed by atoms with Crippen LogP contribution in [0.1, 0.15) is 85.0 Å². The van der Waals surface area contributed by atoms with Crippen molar-refractivity contribution in [3.05, 3.63) is 0 Å². The first kappa shape index (κ1) is 19.0. The standard InChI is InChI=1S/C17H35NO2S/c1-4-18-16-13-11-9-7-5-6-8-10-12-14-17(16)21(19,20)15(2)3/h15-18H,4-14H2,1-3H3. The highest BCUT2D eigenvalue weighted by Gasteiger charge is 2.34. The fourth-order valence-electron chi connectivity index (χ4n) is 3.40. The molecule has 0 radical (unpaired) electrons. The summed E-state index contributed by atoms with van der Waals surface area (Å²) in [6.07, 6.45) is 11.7. The molecule has 0 saturated heterocycles. The molecule has 0 aromatic rings. The number of sulfone groups is 1. The Kier molecular flexibility index (Phi) is 8.88. The van der Waals surface area contributed by atoms with Gasteiger partial charge >= 0.3 is 0 Å². The third kappa shape index (κ3) is 6.27. The lowest BCUT2D eigenvalue weighted by Gasteiger charge is -2.30. The smallest absolute Gasteiger partial charge is 0.156 e. The van der Waals surface area contributed by atoms with Gasteiger partial charge in [0.15, 0.2) is 9.84 Å². The van der Waals surface area contributed by atoms with E-state index in [9.17, 15) is 8.42 Å². The molecule has 126 valence electrons. The Hall–Kier alpha value is -0.0900. The van der Waals surface area contributed by atoms with Crippen LogP contribution < -0.4 is 5.32 Å². The zero-order valence-electron chi connectivity index (χ0n) is 14.2. The van der Waals surface area contributed by atoms with Crippen LogP contribution in [-0.4, -0.2) is 31.5 Å². The average molecular weight is 318 g/mol. The molecule has 1 N–H and O–H groups in total. The summed E-state index contributed by atoms with van der Waals surface area (Å²) in [5, 5.41) is 3.00. The van der Waals surface area contributed by atoms with E-state index in [0.29, 0.717) is 0 Å². The maximum atomic E-state index is 12.7. The van der Waals surface area contributed by atoms with Crippen molar-refractivity contribution < 1.29 is 8.42 Å². The van der Waals surface area contributed by atoms with Crippen LogP contribution in [0.25, 0.3) is 0 Å². The molecule has 1 rings (SSSR count). The van der Waals surface area contributed by atoms with Gasteiger partial charge in [0.05, 0.1) is 10.5 Å². The number of hydrogen-bond acceptors (Lipinski definition) is 3. The molecule has 2 unspecified atom stereocenters. The Morgan fingerprint density at radius 2 is 1.38 bits per heavy atom. The summed E-state index contributed by atoms with van der Waals surface area (Å²) in [6, 6.07) is 0.141. The van der Waals surface area contributed by atoms with E-state index in [2.05, 4.69) is 12.2 Å². The van der Waals surface area contributed by atoms with Gasteiger partial charge < -0.3 is 5.32 Å². The van der Waals surface area contributed by atoms with E-state index in [-0.39, 0.29) is 16.5 Å². The van der Waals surface area contributed by atoms with Gasteiger partial charge in [-0.2, -0.15) is 0 Å². The third-order valence-electron chi connectivity index (χ3n) is 4.75. The summed E-state index contributed by atoms with van der Waals surface area (Å²) in [5.41, 5.74) is 0. The normalized spacial score (nSPS) is 27.0. The molecule has 0 aromatic carbocycles. The van der Waals surface area contributed by atoms with Gasteiger partial charge in [0.2, 0.25) is 0 Å². The molecule has 4 heteroatoms. The van der Waals surface area contributed by atoms with Crippen molar-refractivity contribution in [1.82, 2.24) is 5.32 Å². The van der Waals surface area contributed by atoms with E-state index in [1.54, 1.807) is 0 Å². The molecular formula is C17H35NO2S. The van der Waals surface area contributed by atoms with E-state index in [4.69, 9.17) is 0 Å². The van der Waals surface area contributed by atoms with Crippen molar-refractivity contribution >= 4 is 9.84 Å². The highest BCUT2D eigenvalue weighted by molar-refractivity contribution is 7.92. The van der Waals surface area contributed by atoms with Crippen molar-refractivity contribution in [3.63, 3.8) is 0 Å². The molecule has 1 aliphatic rings. The molecular weight excluding hydrogens is 282 g/mol. The molecule has 0 aliphatic heterocycles. The number of rotatable bonds is 4. The van der Waals surface area contributed by atoms with Crippen LogP contribution >= 0.6 is 0 Å². The highest BCUT2D eigenvalue weighted by Crippen LogP contribution is 2.24. The third-order valence-corrected chi connectivity index (χ3v) is 7.47. The molecule has 0 spiro atoms. The van der Waals surface area contributed by atoms with Gasteiger partial charge in [0, 0.05) is 6.04 Å². The van der Waals surface area contributed by atoms with E-state index >= 15 is 0 Å². The minimum Gasteiger partial charge on any atom is -0.313 e. The van der Waals surface area contributed by atoms with E-state index < -0.39 is 9.84 Å². The highest BCUT2D eigenvalue weighted by atomic mass is 32.2. The van der Waals surface area contributed by atoms with Crippen LogP contribution in [-0.2, 0) is 9.84 Å². The second-order valence-corrected chi connectivity index (χ2v) is 9.47. The molecule has 0 amide bonds. The Labute approximate surface area is 132 Å². The molecule has 3 nitrogen and oxygen atoms in total. The van der Waals surface area contributed by atoms with Gasteiger partial charge in [-0.05, 0) is 33.2 Å². The first-order chi connectivity index (χ1) is 10.00. The van der Waals surface area contributed by atoms with Crippen molar-refractivity contribution in [1.29, 1.82) is 0 Å². The Balaban J connectivity index is 2.85. The topological polar surface area (TPSA) is 46.2 Å². The lowest BCUT2D eigenvalue weighted by molar-refractivity contribution is 0.404. The number of nitrogens with one attached hydrogen (secondary N) is 1. The second kappa shape index (κ2) is 9.83. The molecule has 0 heterocycles. The van der Waals surface area contributed by atoms with E-state index in [1.165, 1.54) is 38.5 Å². The van der Waals surface area contributed by atoms with Gasteiger partial charge in [0.1, 0.15) is 0 Å². The van der Waals surface area contributed by atoms with Crippen LogP contribution in [0.4, 0.5) is 0 Å². The largest absolute Gasteiger partial charge is 0.313 e. The van der Waals surface area contributed by atoms with Crippen LogP contribution in [0.5, 0.6) is 0 Å². The fourth-order valence-corrected chi connectivity index (χ4v) is 5.28. The van der Waals surface area contributed by atoms with Gasteiger partial charge in [0.25, 0.3) is 0 Å². The van der Waals surface area contributed by atoms with Crippen LogP contribution in [0.2, 0.25) is 0 Å². The average Bonchev–Trinajstić information content (AvgIpc) is 2.41. The summed E-state index contributed by atoms with van der Waals surface area (Å²) in [6.45, 7) is 6.59. The Morgan fingerprint density at radius 1 is 0.905 bits per heavy atom. The predicted octanol–water partition coefficient (Wildman–Crippen LogP) is 4.07. The van der Waals surface area contributed by atoms with Crippen molar-refractivity contribution in [2.45, 2.75) is 102 Å². The van der Waals surface area contributed by atoms with Crippen LogP contribution in [0.3, 0.4) is 0 Å². The molecule has 0 aromatic heterocycles. The maximum Gasteiger partial charge on any atom is 0.156 e. The van der Waals surface area contributed by atoms with E-state index in [1.807, 2.05) is 13.8 Å². The van der Waals surface area contributed by atoms with Crippen LogP contribution in [0.15, 0.2) is 0 Å². The van der Waals surface area contributed by atoms with Gasteiger partial charge in [-0.25, -0.2) is 8.42 Å². The Bertz CT molecular complexity index is 365. The molecule has 0 bridgehead atoms. The summed E-state index contributed by atoms with van der Waals surface area (Å²) < 4.78 is 25.5. The van der Waals surface area contributed by atoms with E-state index in [0.717, 1.165) is 32.2 Å². The fraction of sp³-hybridized carbons (Fsp3) is 1.00. The van der Waals surface area contributed by atoms with Crippen molar-refractivity contribution in [2.75, 3.05) is 6.54 Å². The lowest BCUT2D eigenvalue weighted by Crippen LogP contribution is -2.46. The lowest BCUT2D eigenvalue weighted by atomic mass is 9.97. The zero-order valence-corrected chi connectivity index (χ0v) is 15.1. The predicted molar refractivity (Wildman–Crippen MR) is 91.5 cm³/mol. The summed E-state index contributed by atoms with van der Waals surface area (Å²) in [5.74, 6) is 0. The second-order valence-electron chi connectivity index (χ2n) is 6.75. The summed E-state index contributed by atoms with van der Waals surface area (Å²) >= 11 is 0. The summed E-state index contributed by atoms with van der Waals surface area (Å²) in [4.78, 5) is 0. The molecule has 1 aliphatic carbocycles. The SMILES string of the molecule is CCNC1CCCCCCCCCCC1S(=O)(=O)C(C)C. The molecule has 1 fully saturated rings. The molecule has 21 heavy (non-hydrogen) atoms. The molecule has 2 atom stereocenters. The monoisotopic (exact) mass is 317 g/mol. The van der Waals surface area contributed by atoms with Crippen LogP contribution in [0, 0.1) is 0 Å². The Morgan fingerprint density at radius 3 is 1.86 bits per heavy atom. The minimum absolute atomic E-state index is 0.141. The maximum absolute atomic E-state index is 12.7. The van der Waals surface area contributed by atoms with Gasteiger partial charge in [-0.1, -0.05) is 58.3 Å². The number of hydrogen-bond donors (Lipinski definition) is 1. The first-order valence-corrected chi connectivity index (χ1v) is 10.6. The van der Waals surface area contributed by atoms with Gasteiger partial charge in [-0.15, -0.1) is 0 Å². The zero-order chi connectivity index (χ0) is 15.7. The quantitative estimate of drug-likeness (QED) is 0.850. The first-order valence-electron chi connectivity index (χ1n) is 8.96. The van der Waals surface area contributed by atoms with Crippen molar-refractivity contribution in [2.24, 2.45) is 0 Å². The molecule has 1 saturated carbocycles. The summed E-state index contributed by atoms with van der Waals surface area (Å²) in [7, 11) is -3.02. The van der Waals surface area contributed by atoms with Gasteiger partial charge in [-0.3, -0.25) is 0 Å².